The molecule has 0 atom stereocenters. The number of amides is 2. The third-order valence-electron chi connectivity index (χ3n) is 5.80. The van der Waals surface area contributed by atoms with Gasteiger partial charge in [-0.15, -0.1) is 0 Å². The highest BCUT2D eigenvalue weighted by atomic mass is 16.2. The fourth-order valence-corrected chi connectivity index (χ4v) is 3.87. The minimum absolute atomic E-state index is 0.0601. The van der Waals surface area contributed by atoms with Crippen LogP contribution in [0.15, 0.2) is 48.8 Å². The Morgan fingerprint density at radius 2 is 1.70 bits per heavy atom. The van der Waals surface area contributed by atoms with Crippen molar-refractivity contribution in [3.8, 4) is 0 Å². The maximum absolute atomic E-state index is 12.8. The molecule has 2 heterocycles. The summed E-state index contributed by atoms with van der Waals surface area (Å²) in [5.74, 6) is -0.0287. The van der Waals surface area contributed by atoms with E-state index in [-0.39, 0.29) is 23.3 Å². The average Bonchev–Trinajstić information content (AvgIpc) is 3.21. The molecule has 0 bridgehead atoms. The Bertz CT molecular complexity index is 1050. The van der Waals surface area contributed by atoms with Gasteiger partial charge in [0.25, 0.3) is 11.8 Å². The number of carbonyl (C=O) groups excluding carboxylic acids is 2. The number of nitrogens with zero attached hydrogens (tertiary/aromatic N) is 2. The number of imidazole rings is 1. The lowest BCUT2D eigenvalue weighted by molar-refractivity contribution is 0.0698. The molecule has 1 aliphatic heterocycles. The summed E-state index contributed by atoms with van der Waals surface area (Å²) in [5.41, 5.74) is 4.31. The van der Waals surface area contributed by atoms with E-state index in [4.69, 9.17) is 0 Å². The van der Waals surface area contributed by atoms with Crippen molar-refractivity contribution in [2.75, 3.05) is 13.1 Å². The van der Waals surface area contributed by atoms with Gasteiger partial charge in [-0.1, -0.05) is 32.9 Å². The van der Waals surface area contributed by atoms with Gasteiger partial charge in [-0.25, -0.2) is 4.98 Å². The van der Waals surface area contributed by atoms with Gasteiger partial charge in [0.05, 0.1) is 17.4 Å². The van der Waals surface area contributed by atoms with Gasteiger partial charge in [-0.2, -0.15) is 0 Å². The SMILES string of the molecule is CC(C)(C)c1ccc(C(=O)N2CCC(NC(=O)c3ccc4nc[nH]c4c3)CC2)cc1. The number of fused-ring (bicyclic) bond motifs is 1. The molecule has 0 aliphatic carbocycles. The smallest absolute Gasteiger partial charge is 0.253 e. The Labute approximate surface area is 176 Å². The highest BCUT2D eigenvalue weighted by Crippen LogP contribution is 2.23. The maximum Gasteiger partial charge on any atom is 0.253 e. The molecular weight excluding hydrogens is 376 g/mol. The lowest BCUT2D eigenvalue weighted by Crippen LogP contribution is -2.46. The standard InChI is InChI=1S/C24H28N4O2/c1-24(2,3)18-7-4-16(5-8-18)23(30)28-12-10-19(11-13-28)27-22(29)17-6-9-20-21(14-17)26-15-25-20/h4-9,14-15,19H,10-13H2,1-3H3,(H,25,26)(H,27,29). The molecule has 1 fully saturated rings. The van der Waals surface area contributed by atoms with Crippen molar-refractivity contribution in [2.24, 2.45) is 0 Å². The first-order chi connectivity index (χ1) is 14.3. The van der Waals surface area contributed by atoms with Crippen LogP contribution in [0.2, 0.25) is 0 Å². The number of aromatic nitrogens is 2. The molecule has 1 aliphatic rings. The first-order valence-electron chi connectivity index (χ1n) is 10.4. The molecule has 6 nitrogen and oxygen atoms in total. The number of hydrogen-bond donors (Lipinski definition) is 2. The number of likely N-dealkylation sites (tertiary alicyclic amines) is 1. The monoisotopic (exact) mass is 404 g/mol. The molecule has 2 N–H and O–H groups in total. The number of nitrogens with one attached hydrogen (secondary N) is 2. The Morgan fingerprint density at radius 3 is 2.37 bits per heavy atom. The fourth-order valence-electron chi connectivity index (χ4n) is 3.87. The van der Waals surface area contributed by atoms with Gasteiger partial charge < -0.3 is 15.2 Å². The molecule has 0 radical (unpaired) electrons. The van der Waals surface area contributed by atoms with Crippen molar-refractivity contribution in [1.82, 2.24) is 20.2 Å². The molecule has 2 amide bonds. The van der Waals surface area contributed by atoms with Crippen LogP contribution < -0.4 is 5.32 Å². The van der Waals surface area contributed by atoms with Crippen molar-refractivity contribution in [3.63, 3.8) is 0 Å². The van der Waals surface area contributed by atoms with E-state index in [2.05, 4.69) is 36.1 Å². The van der Waals surface area contributed by atoms with Crippen molar-refractivity contribution in [2.45, 2.75) is 45.1 Å². The molecule has 0 saturated carbocycles. The minimum Gasteiger partial charge on any atom is -0.349 e. The van der Waals surface area contributed by atoms with E-state index in [1.807, 2.05) is 41.3 Å². The van der Waals surface area contributed by atoms with E-state index >= 15 is 0 Å². The second-order valence-electron chi connectivity index (χ2n) is 9.00. The molecule has 156 valence electrons. The first kappa shape index (κ1) is 20.1. The molecule has 6 heteroatoms. The molecule has 2 aromatic carbocycles. The van der Waals surface area contributed by atoms with Gasteiger partial charge in [0.2, 0.25) is 0 Å². The van der Waals surface area contributed by atoms with Crippen LogP contribution in [-0.4, -0.2) is 45.8 Å². The summed E-state index contributed by atoms with van der Waals surface area (Å²) in [6.07, 6.45) is 3.13. The Balaban J connectivity index is 1.33. The van der Waals surface area contributed by atoms with E-state index in [9.17, 15) is 9.59 Å². The number of rotatable bonds is 3. The van der Waals surface area contributed by atoms with Crippen molar-refractivity contribution >= 4 is 22.8 Å². The highest BCUT2D eigenvalue weighted by molar-refractivity contribution is 5.97. The van der Waals surface area contributed by atoms with Crippen LogP contribution in [0.5, 0.6) is 0 Å². The molecule has 3 aromatic rings. The highest BCUT2D eigenvalue weighted by Gasteiger charge is 2.25. The summed E-state index contributed by atoms with van der Waals surface area (Å²) in [6, 6.07) is 13.4. The van der Waals surface area contributed by atoms with Crippen LogP contribution in [0.3, 0.4) is 0 Å². The van der Waals surface area contributed by atoms with Gasteiger partial charge in [-0.05, 0) is 54.2 Å². The molecule has 0 unspecified atom stereocenters. The zero-order chi connectivity index (χ0) is 21.3. The number of carbonyl (C=O) groups is 2. The topological polar surface area (TPSA) is 78.1 Å². The van der Waals surface area contributed by atoms with Crippen LogP contribution in [0.4, 0.5) is 0 Å². The van der Waals surface area contributed by atoms with Crippen LogP contribution in [0, 0.1) is 0 Å². The van der Waals surface area contributed by atoms with E-state index in [0.717, 1.165) is 29.4 Å². The third kappa shape index (κ3) is 4.22. The van der Waals surface area contributed by atoms with Crippen molar-refractivity contribution in [1.29, 1.82) is 0 Å². The number of H-pyrrole nitrogens is 1. The lowest BCUT2D eigenvalue weighted by atomic mass is 9.86. The lowest BCUT2D eigenvalue weighted by Gasteiger charge is -2.32. The largest absolute Gasteiger partial charge is 0.349 e. The summed E-state index contributed by atoms with van der Waals surface area (Å²) >= 11 is 0. The summed E-state index contributed by atoms with van der Waals surface area (Å²) in [6.45, 7) is 7.77. The first-order valence-corrected chi connectivity index (χ1v) is 10.4. The van der Waals surface area contributed by atoms with Gasteiger partial charge in [0.15, 0.2) is 0 Å². The molecule has 1 saturated heterocycles. The molecule has 4 rings (SSSR count). The zero-order valence-electron chi connectivity index (χ0n) is 17.7. The predicted octanol–water partition coefficient (Wildman–Crippen LogP) is 3.90. The van der Waals surface area contributed by atoms with E-state index < -0.39 is 0 Å². The van der Waals surface area contributed by atoms with Gasteiger partial charge in [-0.3, -0.25) is 9.59 Å². The third-order valence-corrected chi connectivity index (χ3v) is 5.80. The summed E-state index contributed by atoms with van der Waals surface area (Å²) in [4.78, 5) is 34.5. The van der Waals surface area contributed by atoms with Crippen molar-refractivity contribution in [3.05, 3.63) is 65.5 Å². The van der Waals surface area contributed by atoms with Crippen LogP contribution in [-0.2, 0) is 5.41 Å². The molecule has 30 heavy (non-hydrogen) atoms. The minimum atomic E-state index is -0.0888. The summed E-state index contributed by atoms with van der Waals surface area (Å²) < 4.78 is 0. The number of benzene rings is 2. The summed E-state index contributed by atoms with van der Waals surface area (Å²) in [7, 11) is 0. The van der Waals surface area contributed by atoms with Crippen LogP contribution in [0.1, 0.15) is 59.9 Å². The molecular formula is C24H28N4O2. The van der Waals surface area contributed by atoms with Crippen LogP contribution in [0.25, 0.3) is 11.0 Å². The quantitative estimate of drug-likeness (QED) is 0.695. The van der Waals surface area contributed by atoms with E-state index in [0.29, 0.717) is 18.7 Å². The van der Waals surface area contributed by atoms with Gasteiger partial charge in [0, 0.05) is 30.3 Å². The van der Waals surface area contributed by atoms with E-state index in [1.54, 1.807) is 12.4 Å². The Kier molecular flexibility index (Phi) is 5.33. The Morgan fingerprint density at radius 1 is 1.03 bits per heavy atom. The molecule has 1 aromatic heterocycles. The second-order valence-corrected chi connectivity index (χ2v) is 9.00. The van der Waals surface area contributed by atoms with Crippen molar-refractivity contribution < 1.29 is 9.59 Å². The number of piperidine rings is 1. The number of hydrogen-bond acceptors (Lipinski definition) is 3. The van der Waals surface area contributed by atoms with Gasteiger partial charge in [0.1, 0.15) is 0 Å². The fraction of sp³-hybridized carbons (Fsp3) is 0.375. The van der Waals surface area contributed by atoms with E-state index in [1.165, 1.54) is 5.56 Å². The predicted molar refractivity (Wildman–Crippen MR) is 118 cm³/mol. The number of aromatic amines is 1. The zero-order valence-corrected chi connectivity index (χ0v) is 17.7. The normalized spacial score (nSPS) is 15.4. The summed E-state index contributed by atoms with van der Waals surface area (Å²) in [5, 5.41) is 3.10. The van der Waals surface area contributed by atoms with Crippen LogP contribution >= 0.6 is 0 Å². The Hall–Kier alpha value is -3.15. The second kappa shape index (κ2) is 7.94. The van der Waals surface area contributed by atoms with Gasteiger partial charge >= 0.3 is 0 Å². The maximum atomic E-state index is 12.8. The average molecular weight is 405 g/mol. The molecule has 0 spiro atoms.